The number of anilines is 1. The van der Waals surface area contributed by atoms with Crippen molar-refractivity contribution < 1.29 is 23.0 Å². The van der Waals surface area contributed by atoms with Crippen LogP contribution in [0.5, 0.6) is 0 Å². The topological polar surface area (TPSA) is 67.3 Å². The predicted molar refractivity (Wildman–Crippen MR) is 58.0 cm³/mol. The molecule has 8 heteroatoms. The lowest BCUT2D eigenvalue weighted by Gasteiger charge is -2.16. The van der Waals surface area contributed by atoms with Gasteiger partial charge in [0.15, 0.2) is 5.69 Å². The molecule has 0 aromatic carbocycles. The molecular weight excluding hydrogens is 251 g/mol. The average Bonchev–Trinajstić information content (AvgIpc) is 2.34. The van der Waals surface area contributed by atoms with Crippen molar-refractivity contribution in [2.24, 2.45) is 0 Å². The zero-order valence-electron chi connectivity index (χ0n) is 9.74. The van der Waals surface area contributed by atoms with Crippen LogP contribution in [0.1, 0.15) is 12.1 Å². The number of ether oxygens (including phenoxy) is 1. The molecule has 1 aromatic rings. The summed E-state index contributed by atoms with van der Waals surface area (Å²) in [6.45, 7) is 0.248. The van der Waals surface area contributed by atoms with Crippen LogP contribution in [0.4, 0.5) is 19.0 Å². The molecule has 0 fully saturated rings. The summed E-state index contributed by atoms with van der Waals surface area (Å²) in [7, 11) is 1.52. The number of halogens is 3. The van der Waals surface area contributed by atoms with E-state index in [1.54, 1.807) is 0 Å². The molecule has 0 amide bonds. The summed E-state index contributed by atoms with van der Waals surface area (Å²) in [6.07, 6.45) is -3.99. The van der Waals surface area contributed by atoms with Gasteiger partial charge in [0.05, 0.1) is 12.6 Å². The Kier molecular flexibility index (Phi) is 5.29. The van der Waals surface area contributed by atoms with Gasteiger partial charge in [-0.15, -0.1) is 10.2 Å². The Labute approximate surface area is 102 Å². The highest BCUT2D eigenvalue weighted by Gasteiger charge is 2.32. The van der Waals surface area contributed by atoms with Crippen molar-refractivity contribution in [1.82, 2.24) is 10.2 Å². The normalized spacial score (nSPS) is 13.4. The first-order valence-corrected chi connectivity index (χ1v) is 5.24. The molecule has 0 aliphatic carbocycles. The first kappa shape index (κ1) is 14.7. The van der Waals surface area contributed by atoms with Gasteiger partial charge in [0.2, 0.25) is 0 Å². The molecule has 5 nitrogen and oxygen atoms in total. The van der Waals surface area contributed by atoms with Crippen LogP contribution in [0.3, 0.4) is 0 Å². The van der Waals surface area contributed by atoms with Crippen molar-refractivity contribution in [2.75, 3.05) is 25.6 Å². The maximum atomic E-state index is 12.2. The van der Waals surface area contributed by atoms with Gasteiger partial charge >= 0.3 is 6.18 Å². The second kappa shape index (κ2) is 6.50. The van der Waals surface area contributed by atoms with Gasteiger partial charge in [0.1, 0.15) is 5.82 Å². The predicted octanol–water partition coefficient (Wildman–Crippen LogP) is 1.30. The molecule has 1 unspecified atom stereocenters. The maximum absolute atomic E-state index is 12.2. The summed E-state index contributed by atoms with van der Waals surface area (Å²) in [5.74, 6) is 0.179. The van der Waals surface area contributed by atoms with Gasteiger partial charge in [0.25, 0.3) is 0 Å². The molecule has 18 heavy (non-hydrogen) atoms. The first-order chi connectivity index (χ1) is 8.47. The zero-order chi connectivity index (χ0) is 13.6. The number of methoxy groups -OCH3 is 1. The van der Waals surface area contributed by atoms with Crippen LogP contribution in [0.2, 0.25) is 0 Å². The quantitative estimate of drug-likeness (QED) is 0.811. The summed E-state index contributed by atoms with van der Waals surface area (Å²) >= 11 is 0. The van der Waals surface area contributed by atoms with Crippen LogP contribution in [-0.2, 0) is 10.9 Å². The Morgan fingerprint density at radius 3 is 2.56 bits per heavy atom. The minimum atomic E-state index is -4.50. The second-order valence-corrected chi connectivity index (χ2v) is 3.61. The number of nitrogens with zero attached hydrogens (tertiary/aromatic N) is 2. The van der Waals surface area contributed by atoms with Gasteiger partial charge in [0, 0.05) is 13.7 Å². The molecule has 1 atom stereocenters. The van der Waals surface area contributed by atoms with E-state index >= 15 is 0 Å². The molecule has 102 valence electrons. The smallest absolute Gasteiger partial charge is 0.394 e. The minimum Gasteiger partial charge on any atom is -0.394 e. The van der Waals surface area contributed by atoms with E-state index in [-0.39, 0.29) is 18.5 Å². The third kappa shape index (κ3) is 4.46. The van der Waals surface area contributed by atoms with Crippen LogP contribution in [-0.4, -0.2) is 41.7 Å². The SMILES string of the molecule is COCCC(CO)Nc1ccc(C(F)(F)F)nn1. The van der Waals surface area contributed by atoms with Crippen LogP contribution in [0, 0.1) is 0 Å². The molecule has 0 aliphatic heterocycles. The van der Waals surface area contributed by atoms with E-state index in [9.17, 15) is 13.2 Å². The van der Waals surface area contributed by atoms with E-state index in [2.05, 4.69) is 15.5 Å². The van der Waals surface area contributed by atoms with E-state index in [1.807, 2.05) is 0 Å². The monoisotopic (exact) mass is 265 g/mol. The van der Waals surface area contributed by atoms with Gasteiger partial charge in [-0.1, -0.05) is 0 Å². The summed E-state index contributed by atoms with van der Waals surface area (Å²) < 4.78 is 41.5. The maximum Gasteiger partial charge on any atom is 0.435 e. The number of hydrogen-bond acceptors (Lipinski definition) is 5. The highest BCUT2D eigenvalue weighted by Crippen LogP contribution is 2.27. The first-order valence-electron chi connectivity index (χ1n) is 5.24. The van der Waals surface area contributed by atoms with Crippen molar-refractivity contribution in [3.63, 3.8) is 0 Å². The summed E-state index contributed by atoms with van der Waals surface area (Å²) in [4.78, 5) is 0. The zero-order valence-corrected chi connectivity index (χ0v) is 9.74. The fourth-order valence-electron chi connectivity index (χ4n) is 1.24. The van der Waals surface area contributed by atoms with Crippen LogP contribution >= 0.6 is 0 Å². The lowest BCUT2D eigenvalue weighted by molar-refractivity contribution is -0.141. The Balaban J connectivity index is 2.62. The molecule has 1 rings (SSSR count). The van der Waals surface area contributed by atoms with Gasteiger partial charge in [-0.05, 0) is 18.6 Å². The number of rotatable bonds is 6. The van der Waals surface area contributed by atoms with Crippen molar-refractivity contribution in [1.29, 1.82) is 0 Å². The van der Waals surface area contributed by atoms with Crippen LogP contribution in [0.15, 0.2) is 12.1 Å². The van der Waals surface area contributed by atoms with Gasteiger partial charge in [-0.3, -0.25) is 0 Å². The van der Waals surface area contributed by atoms with E-state index < -0.39 is 11.9 Å². The number of hydrogen-bond donors (Lipinski definition) is 2. The molecule has 1 aromatic heterocycles. The summed E-state index contributed by atoms with van der Waals surface area (Å²) in [5.41, 5.74) is -1.05. The van der Waals surface area contributed by atoms with Crippen molar-refractivity contribution in [2.45, 2.75) is 18.6 Å². The summed E-state index contributed by atoms with van der Waals surface area (Å²) in [6, 6.07) is 1.67. The third-order valence-electron chi connectivity index (χ3n) is 2.20. The Bertz CT molecular complexity index is 356. The Morgan fingerprint density at radius 2 is 2.11 bits per heavy atom. The van der Waals surface area contributed by atoms with Crippen molar-refractivity contribution in [3.05, 3.63) is 17.8 Å². The lowest BCUT2D eigenvalue weighted by atomic mass is 10.2. The van der Waals surface area contributed by atoms with Crippen LogP contribution < -0.4 is 5.32 Å². The molecule has 0 bridgehead atoms. The highest BCUT2D eigenvalue weighted by atomic mass is 19.4. The standard InChI is InChI=1S/C10H14F3N3O2/c1-18-5-4-7(6-17)14-9-3-2-8(15-16-9)10(11,12)13/h2-3,7,17H,4-6H2,1H3,(H,14,16). The van der Waals surface area contributed by atoms with Crippen molar-refractivity contribution >= 4 is 5.82 Å². The molecule has 1 heterocycles. The van der Waals surface area contributed by atoms with Crippen molar-refractivity contribution in [3.8, 4) is 0 Å². The second-order valence-electron chi connectivity index (χ2n) is 3.61. The lowest BCUT2D eigenvalue weighted by Crippen LogP contribution is -2.26. The van der Waals surface area contributed by atoms with E-state index in [0.29, 0.717) is 13.0 Å². The van der Waals surface area contributed by atoms with E-state index in [4.69, 9.17) is 9.84 Å². The molecule has 0 saturated carbocycles. The average molecular weight is 265 g/mol. The molecule has 0 aliphatic rings. The number of aliphatic hydroxyl groups excluding tert-OH is 1. The minimum absolute atomic E-state index is 0.175. The van der Waals surface area contributed by atoms with E-state index in [0.717, 1.165) is 6.07 Å². The van der Waals surface area contributed by atoms with Gasteiger partial charge in [-0.2, -0.15) is 13.2 Å². The largest absolute Gasteiger partial charge is 0.435 e. The summed E-state index contributed by atoms with van der Waals surface area (Å²) in [5, 5.41) is 18.3. The fraction of sp³-hybridized carbons (Fsp3) is 0.600. The highest BCUT2D eigenvalue weighted by molar-refractivity contribution is 5.34. The van der Waals surface area contributed by atoms with Gasteiger partial charge in [-0.25, -0.2) is 0 Å². The number of nitrogens with one attached hydrogen (secondary N) is 1. The number of aliphatic hydroxyl groups is 1. The number of alkyl halides is 3. The fourth-order valence-corrected chi connectivity index (χ4v) is 1.24. The molecule has 2 N–H and O–H groups in total. The Hall–Kier alpha value is -1.41. The Morgan fingerprint density at radius 1 is 1.39 bits per heavy atom. The third-order valence-corrected chi connectivity index (χ3v) is 2.20. The van der Waals surface area contributed by atoms with E-state index in [1.165, 1.54) is 13.2 Å². The number of aromatic nitrogens is 2. The van der Waals surface area contributed by atoms with Gasteiger partial charge < -0.3 is 15.2 Å². The molecular formula is C10H14F3N3O2. The molecule has 0 spiro atoms. The molecule has 0 radical (unpaired) electrons. The molecule has 0 saturated heterocycles. The van der Waals surface area contributed by atoms with Crippen LogP contribution in [0.25, 0.3) is 0 Å².